The van der Waals surface area contributed by atoms with Gasteiger partial charge in [0.25, 0.3) is 0 Å². The van der Waals surface area contributed by atoms with Crippen molar-refractivity contribution in [3.63, 3.8) is 0 Å². The molecule has 0 bridgehead atoms. The number of thioether (sulfide) groups is 1. The Labute approximate surface area is 105 Å². The van der Waals surface area contributed by atoms with E-state index in [-0.39, 0.29) is 5.84 Å². The Kier molecular flexibility index (Phi) is 3.17. The van der Waals surface area contributed by atoms with Gasteiger partial charge >= 0.3 is 0 Å². The van der Waals surface area contributed by atoms with Gasteiger partial charge in [0.2, 0.25) is 0 Å². The Bertz CT molecular complexity index is 529. The van der Waals surface area contributed by atoms with E-state index in [0.29, 0.717) is 5.13 Å². The predicted molar refractivity (Wildman–Crippen MR) is 72.6 cm³/mol. The lowest BCUT2D eigenvalue weighted by atomic mass is 10.2. The average molecular weight is 270 g/mol. The molecule has 5 N–H and O–H groups in total. The fourth-order valence-electron chi connectivity index (χ4n) is 1.25. The van der Waals surface area contributed by atoms with Crippen molar-refractivity contribution in [1.82, 2.24) is 4.98 Å². The maximum atomic E-state index is 7.42. The largest absolute Gasteiger partial charge is 0.383 e. The van der Waals surface area contributed by atoms with Crippen LogP contribution in [-0.4, -0.2) is 17.1 Å². The van der Waals surface area contributed by atoms with Crippen LogP contribution in [0.1, 0.15) is 4.88 Å². The third-order valence-electron chi connectivity index (χ3n) is 1.95. The van der Waals surface area contributed by atoms with Crippen LogP contribution in [0.3, 0.4) is 0 Å². The molecule has 0 aliphatic carbocycles. The summed E-state index contributed by atoms with van der Waals surface area (Å²) in [6.45, 7) is 0. The van der Waals surface area contributed by atoms with E-state index in [1.807, 2.05) is 17.7 Å². The molecule has 0 aliphatic heterocycles. The Morgan fingerprint density at radius 2 is 2.31 bits per heavy atom. The van der Waals surface area contributed by atoms with Gasteiger partial charge in [-0.1, -0.05) is 0 Å². The lowest BCUT2D eigenvalue weighted by Crippen LogP contribution is -2.08. The second kappa shape index (κ2) is 4.44. The first-order chi connectivity index (χ1) is 7.61. The van der Waals surface area contributed by atoms with Crippen molar-refractivity contribution in [2.45, 2.75) is 4.21 Å². The SMILES string of the molecule is CSc1sc(C(=N)N)cc1-c1csc(N)n1. The van der Waals surface area contributed by atoms with Crippen LogP contribution in [0.5, 0.6) is 0 Å². The molecule has 0 radical (unpaired) electrons. The summed E-state index contributed by atoms with van der Waals surface area (Å²) in [7, 11) is 0. The van der Waals surface area contributed by atoms with Crippen molar-refractivity contribution in [2.24, 2.45) is 5.73 Å². The van der Waals surface area contributed by atoms with Gasteiger partial charge in [0.05, 0.1) is 14.8 Å². The Morgan fingerprint density at radius 1 is 1.56 bits per heavy atom. The van der Waals surface area contributed by atoms with Crippen LogP contribution in [0.25, 0.3) is 11.3 Å². The van der Waals surface area contributed by atoms with Gasteiger partial charge in [0, 0.05) is 10.9 Å². The zero-order valence-electron chi connectivity index (χ0n) is 8.48. The minimum absolute atomic E-state index is 0.0924. The summed E-state index contributed by atoms with van der Waals surface area (Å²) in [6.07, 6.45) is 2.00. The highest BCUT2D eigenvalue weighted by Crippen LogP contribution is 2.38. The predicted octanol–water partition coefficient (Wildman–Crippen LogP) is 2.46. The summed E-state index contributed by atoms with van der Waals surface area (Å²) in [5.41, 5.74) is 13.0. The van der Waals surface area contributed by atoms with Crippen LogP contribution in [0.15, 0.2) is 15.7 Å². The van der Waals surface area contributed by atoms with Crippen LogP contribution < -0.4 is 11.5 Å². The number of thiazole rings is 1. The molecule has 0 saturated carbocycles. The van der Waals surface area contributed by atoms with Crippen molar-refractivity contribution in [3.8, 4) is 11.3 Å². The molecule has 0 fully saturated rings. The molecule has 2 heterocycles. The van der Waals surface area contributed by atoms with Crippen molar-refractivity contribution in [2.75, 3.05) is 12.0 Å². The molecule has 2 rings (SSSR count). The Morgan fingerprint density at radius 3 is 2.81 bits per heavy atom. The van der Waals surface area contributed by atoms with Crippen LogP contribution >= 0.6 is 34.4 Å². The second-order valence-electron chi connectivity index (χ2n) is 3.00. The van der Waals surface area contributed by atoms with Gasteiger partial charge in [0.15, 0.2) is 5.13 Å². The first-order valence-electron chi connectivity index (χ1n) is 4.35. The molecule has 2 aromatic heterocycles. The molecule has 0 saturated heterocycles. The van der Waals surface area contributed by atoms with E-state index in [0.717, 1.165) is 20.3 Å². The topological polar surface area (TPSA) is 88.8 Å². The molecular formula is C9H10N4S3. The van der Waals surface area contributed by atoms with E-state index in [9.17, 15) is 0 Å². The van der Waals surface area contributed by atoms with Crippen LogP contribution in [0.2, 0.25) is 0 Å². The minimum Gasteiger partial charge on any atom is -0.383 e. The molecule has 0 atom stereocenters. The van der Waals surface area contributed by atoms with E-state index in [1.54, 1.807) is 11.8 Å². The zero-order chi connectivity index (χ0) is 11.7. The van der Waals surface area contributed by atoms with Gasteiger partial charge in [-0.25, -0.2) is 4.98 Å². The molecule has 4 nitrogen and oxygen atoms in total. The Hall–Kier alpha value is -1.05. The molecular weight excluding hydrogens is 260 g/mol. The number of nitrogens with two attached hydrogens (primary N) is 2. The second-order valence-corrected chi connectivity index (χ2v) is 6.02. The highest BCUT2D eigenvalue weighted by molar-refractivity contribution is 8.00. The van der Waals surface area contributed by atoms with Crippen LogP contribution in [-0.2, 0) is 0 Å². The van der Waals surface area contributed by atoms with Crippen LogP contribution in [0, 0.1) is 5.41 Å². The first-order valence-corrected chi connectivity index (χ1v) is 7.27. The molecule has 0 amide bonds. The number of nitrogen functional groups attached to an aromatic ring is 2. The van der Waals surface area contributed by atoms with E-state index in [4.69, 9.17) is 16.9 Å². The standard InChI is InChI=1S/C9H10N4S3/c1-14-8-4(2-6(16-8)7(10)11)5-3-15-9(12)13-5/h2-3H,1H3,(H3,10,11)(H2,12,13). The summed E-state index contributed by atoms with van der Waals surface area (Å²) in [5, 5.41) is 9.90. The third kappa shape index (κ3) is 2.06. The van der Waals surface area contributed by atoms with E-state index >= 15 is 0 Å². The summed E-state index contributed by atoms with van der Waals surface area (Å²) in [6, 6.07) is 1.90. The molecule has 0 aliphatic rings. The van der Waals surface area contributed by atoms with Crippen molar-refractivity contribution in [3.05, 3.63) is 16.3 Å². The minimum atomic E-state index is 0.0924. The van der Waals surface area contributed by atoms with E-state index in [2.05, 4.69) is 4.98 Å². The van der Waals surface area contributed by atoms with Gasteiger partial charge in [-0.05, 0) is 12.3 Å². The van der Waals surface area contributed by atoms with Gasteiger partial charge in [-0.3, -0.25) is 5.41 Å². The van der Waals surface area contributed by atoms with Gasteiger partial charge in [0.1, 0.15) is 5.84 Å². The number of hydrogen-bond acceptors (Lipinski definition) is 6. The fraction of sp³-hybridized carbons (Fsp3) is 0.111. The molecule has 16 heavy (non-hydrogen) atoms. The highest BCUT2D eigenvalue weighted by Gasteiger charge is 2.14. The van der Waals surface area contributed by atoms with E-state index < -0.39 is 0 Å². The number of anilines is 1. The monoisotopic (exact) mass is 270 g/mol. The molecule has 84 valence electrons. The zero-order valence-corrected chi connectivity index (χ0v) is 10.9. The number of aromatic nitrogens is 1. The summed E-state index contributed by atoms with van der Waals surface area (Å²) in [5.74, 6) is 0.0924. The van der Waals surface area contributed by atoms with Crippen LogP contribution in [0.4, 0.5) is 5.13 Å². The number of nitrogens with zero attached hydrogens (tertiary/aromatic N) is 1. The highest BCUT2D eigenvalue weighted by atomic mass is 32.2. The molecule has 7 heteroatoms. The number of thiophene rings is 1. The Balaban J connectivity index is 2.51. The average Bonchev–Trinajstić information content (AvgIpc) is 2.82. The fourth-order valence-corrected chi connectivity index (χ4v) is 3.56. The lowest BCUT2D eigenvalue weighted by molar-refractivity contribution is 1.40. The third-order valence-corrected chi connectivity index (χ3v) is 4.92. The smallest absolute Gasteiger partial charge is 0.180 e. The van der Waals surface area contributed by atoms with Crippen molar-refractivity contribution in [1.29, 1.82) is 5.41 Å². The molecule has 2 aromatic rings. The van der Waals surface area contributed by atoms with Crippen molar-refractivity contribution < 1.29 is 0 Å². The normalized spacial score (nSPS) is 10.6. The number of nitrogens with one attached hydrogen (secondary N) is 1. The summed E-state index contributed by atoms with van der Waals surface area (Å²) in [4.78, 5) is 5.01. The van der Waals surface area contributed by atoms with Gasteiger partial charge in [-0.15, -0.1) is 34.4 Å². The first kappa shape index (κ1) is 11.4. The lowest BCUT2D eigenvalue weighted by Gasteiger charge is -1.94. The maximum absolute atomic E-state index is 7.42. The van der Waals surface area contributed by atoms with Gasteiger partial charge in [-0.2, -0.15) is 0 Å². The number of rotatable bonds is 3. The quantitative estimate of drug-likeness (QED) is 0.454. The summed E-state index contributed by atoms with van der Waals surface area (Å²) >= 11 is 4.55. The van der Waals surface area contributed by atoms with E-state index in [1.165, 1.54) is 22.7 Å². The van der Waals surface area contributed by atoms with Gasteiger partial charge < -0.3 is 11.5 Å². The molecule has 0 unspecified atom stereocenters. The maximum Gasteiger partial charge on any atom is 0.180 e. The van der Waals surface area contributed by atoms with Crippen molar-refractivity contribution >= 4 is 45.4 Å². The summed E-state index contributed by atoms with van der Waals surface area (Å²) < 4.78 is 1.11. The molecule has 0 spiro atoms. The molecule has 0 aromatic carbocycles. The number of amidine groups is 1. The number of hydrogen-bond donors (Lipinski definition) is 3.